The van der Waals surface area contributed by atoms with Crippen LogP contribution < -0.4 is 10.2 Å². The summed E-state index contributed by atoms with van der Waals surface area (Å²) in [5.41, 5.74) is 2.02. The molecule has 3 heterocycles. The first-order chi connectivity index (χ1) is 12.2. The van der Waals surface area contributed by atoms with Gasteiger partial charge in [-0.2, -0.15) is 10.1 Å². The number of hydrogen-bond donors (Lipinski definition) is 2. The number of aromatic nitrogens is 5. The first kappa shape index (κ1) is 15.5. The van der Waals surface area contributed by atoms with Crippen molar-refractivity contribution in [1.82, 2.24) is 25.1 Å². The largest absolute Gasteiger partial charge is 0.334 e. The van der Waals surface area contributed by atoms with E-state index in [4.69, 9.17) is 0 Å². The van der Waals surface area contributed by atoms with Crippen LogP contribution in [0.4, 0.5) is 22.1 Å². The zero-order valence-corrected chi connectivity index (χ0v) is 13.8. The van der Waals surface area contributed by atoms with Crippen molar-refractivity contribution in [3.05, 3.63) is 53.7 Å². The van der Waals surface area contributed by atoms with Gasteiger partial charge in [0, 0.05) is 18.3 Å². The maximum absolute atomic E-state index is 13.2. The van der Waals surface area contributed by atoms with E-state index in [1.54, 1.807) is 0 Å². The number of nitrogens with one attached hydrogen (secondary N) is 2. The van der Waals surface area contributed by atoms with Gasteiger partial charge in [-0.1, -0.05) is 12.1 Å². The van der Waals surface area contributed by atoms with Crippen LogP contribution in [0.1, 0.15) is 30.1 Å². The van der Waals surface area contributed by atoms with Gasteiger partial charge in [0.05, 0.1) is 6.04 Å². The number of hydrogen-bond acceptors (Lipinski definition) is 6. The minimum atomic E-state index is -0.228. The van der Waals surface area contributed by atoms with Gasteiger partial charge >= 0.3 is 0 Å². The Kier molecular flexibility index (Phi) is 4.01. The Morgan fingerprint density at radius 3 is 2.84 bits per heavy atom. The number of halogens is 1. The second-order valence-corrected chi connectivity index (χ2v) is 6.07. The molecule has 25 heavy (non-hydrogen) atoms. The lowest BCUT2D eigenvalue weighted by Gasteiger charge is -2.25. The molecular formula is C17H18FN7. The van der Waals surface area contributed by atoms with Gasteiger partial charge < -0.3 is 10.2 Å². The Morgan fingerprint density at radius 1 is 1.24 bits per heavy atom. The van der Waals surface area contributed by atoms with Crippen LogP contribution >= 0.6 is 0 Å². The van der Waals surface area contributed by atoms with Crippen molar-refractivity contribution in [1.29, 1.82) is 0 Å². The van der Waals surface area contributed by atoms with Crippen LogP contribution in [-0.4, -0.2) is 31.7 Å². The molecular weight excluding hydrogens is 321 g/mol. The van der Waals surface area contributed by atoms with E-state index in [9.17, 15) is 4.39 Å². The molecule has 0 aliphatic carbocycles. The molecule has 128 valence electrons. The molecule has 0 bridgehead atoms. The van der Waals surface area contributed by atoms with Crippen LogP contribution in [0.5, 0.6) is 0 Å². The summed E-state index contributed by atoms with van der Waals surface area (Å²) < 4.78 is 13.2. The minimum Gasteiger partial charge on any atom is -0.334 e. The van der Waals surface area contributed by atoms with Crippen molar-refractivity contribution in [2.24, 2.45) is 0 Å². The summed E-state index contributed by atoms with van der Waals surface area (Å²) in [6.45, 7) is 2.78. The number of rotatable bonds is 4. The summed E-state index contributed by atoms with van der Waals surface area (Å²) in [6, 6.07) is 8.65. The topological polar surface area (TPSA) is 82.6 Å². The molecule has 1 aliphatic rings. The van der Waals surface area contributed by atoms with E-state index < -0.39 is 0 Å². The van der Waals surface area contributed by atoms with Crippen LogP contribution in [-0.2, 0) is 0 Å². The lowest BCUT2D eigenvalue weighted by Crippen LogP contribution is -2.25. The number of H-pyrrole nitrogens is 1. The zero-order valence-electron chi connectivity index (χ0n) is 13.8. The normalized spacial score (nSPS) is 17.0. The molecule has 1 atom stereocenters. The van der Waals surface area contributed by atoms with Gasteiger partial charge in [-0.25, -0.2) is 14.4 Å². The molecule has 2 aromatic heterocycles. The highest BCUT2D eigenvalue weighted by atomic mass is 19.1. The maximum Gasteiger partial charge on any atom is 0.233 e. The number of aryl methyl sites for hydroxylation is 1. The summed E-state index contributed by atoms with van der Waals surface area (Å²) >= 11 is 0. The van der Waals surface area contributed by atoms with E-state index in [-0.39, 0.29) is 11.9 Å². The van der Waals surface area contributed by atoms with E-state index in [0.717, 1.165) is 30.6 Å². The number of anilines is 3. The summed E-state index contributed by atoms with van der Waals surface area (Å²) in [5.74, 6) is 1.48. The van der Waals surface area contributed by atoms with E-state index >= 15 is 0 Å². The Morgan fingerprint density at radius 2 is 2.08 bits per heavy atom. The van der Waals surface area contributed by atoms with E-state index in [1.165, 1.54) is 18.5 Å². The SMILES string of the molecule is Cc1cc(Nc2ncnc(N3CCCC3c3ccc(F)cc3)n2)n[nH]1. The molecule has 0 amide bonds. The quantitative estimate of drug-likeness (QED) is 0.760. The number of nitrogens with zero attached hydrogens (tertiary/aromatic N) is 5. The molecule has 0 spiro atoms. The Labute approximate surface area is 144 Å². The monoisotopic (exact) mass is 339 g/mol. The fourth-order valence-electron chi connectivity index (χ4n) is 3.12. The fraction of sp³-hybridized carbons (Fsp3) is 0.294. The Balaban J connectivity index is 1.58. The predicted octanol–water partition coefficient (Wildman–Crippen LogP) is 3.13. The summed E-state index contributed by atoms with van der Waals surface area (Å²) in [5, 5.41) is 10.1. The van der Waals surface area contributed by atoms with Crippen molar-refractivity contribution < 1.29 is 4.39 Å². The standard InChI is InChI=1S/C17H18FN7/c1-11-9-15(24-23-11)21-16-19-10-20-17(22-16)25-8-2-3-14(25)12-4-6-13(18)7-5-12/h4-7,9-10,14H,2-3,8H2,1H3,(H2,19,20,21,22,23,24). The predicted molar refractivity (Wildman–Crippen MR) is 92.2 cm³/mol. The summed E-state index contributed by atoms with van der Waals surface area (Å²) in [6.07, 6.45) is 3.51. The van der Waals surface area contributed by atoms with Crippen LogP contribution in [0.2, 0.25) is 0 Å². The van der Waals surface area contributed by atoms with Gasteiger partial charge in [0.1, 0.15) is 12.1 Å². The molecule has 2 N–H and O–H groups in total. The van der Waals surface area contributed by atoms with E-state index in [0.29, 0.717) is 17.7 Å². The average Bonchev–Trinajstić information content (AvgIpc) is 3.25. The zero-order chi connectivity index (χ0) is 17.2. The van der Waals surface area contributed by atoms with E-state index in [2.05, 4.69) is 35.4 Å². The van der Waals surface area contributed by atoms with Crippen molar-refractivity contribution in [3.63, 3.8) is 0 Å². The second kappa shape index (κ2) is 6.46. The molecule has 1 saturated heterocycles. The van der Waals surface area contributed by atoms with Gasteiger partial charge in [0.2, 0.25) is 11.9 Å². The maximum atomic E-state index is 13.2. The van der Waals surface area contributed by atoms with Gasteiger partial charge in [-0.15, -0.1) is 0 Å². The lowest BCUT2D eigenvalue weighted by atomic mass is 10.0. The Bertz CT molecular complexity index is 861. The molecule has 0 radical (unpaired) electrons. The van der Waals surface area contributed by atoms with Crippen molar-refractivity contribution in [3.8, 4) is 0 Å². The number of benzene rings is 1. The fourth-order valence-corrected chi connectivity index (χ4v) is 3.12. The summed E-state index contributed by atoms with van der Waals surface area (Å²) in [4.78, 5) is 15.1. The summed E-state index contributed by atoms with van der Waals surface area (Å²) in [7, 11) is 0. The highest BCUT2D eigenvalue weighted by molar-refractivity contribution is 5.50. The van der Waals surface area contributed by atoms with Gasteiger partial charge in [-0.3, -0.25) is 5.10 Å². The van der Waals surface area contributed by atoms with Crippen LogP contribution in [0.3, 0.4) is 0 Å². The minimum absolute atomic E-state index is 0.142. The smallest absolute Gasteiger partial charge is 0.233 e. The first-order valence-corrected chi connectivity index (χ1v) is 8.19. The van der Waals surface area contributed by atoms with Gasteiger partial charge in [-0.05, 0) is 37.5 Å². The van der Waals surface area contributed by atoms with Crippen molar-refractivity contribution >= 4 is 17.7 Å². The molecule has 1 aromatic carbocycles. The Hall–Kier alpha value is -3.03. The molecule has 1 fully saturated rings. The van der Waals surface area contributed by atoms with Gasteiger partial charge in [0.15, 0.2) is 5.82 Å². The third-order valence-electron chi connectivity index (χ3n) is 4.27. The highest BCUT2D eigenvalue weighted by Crippen LogP contribution is 2.34. The van der Waals surface area contributed by atoms with Crippen LogP contribution in [0, 0.1) is 12.7 Å². The lowest BCUT2D eigenvalue weighted by molar-refractivity contribution is 0.624. The molecule has 1 aliphatic heterocycles. The second-order valence-electron chi connectivity index (χ2n) is 6.07. The molecule has 0 saturated carbocycles. The molecule has 7 nitrogen and oxygen atoms in total. The third kappa shape index (κ3) is 3.28. The van der Waals surface area contributed by atoms with Crippen molar-refractivity contribution in [2.75, 3.05) is 16.8 Å². The molecule has 8 heteroatoms. The van der Waals surface area contributed by atoms with Crippen LogP contribution in [0.15, 0.2) is 36.7 Å². The van der Waals surface area contributed by atoms with Crippen molar-refractivity contribution in [2.45, 2.75) is 25.8 Å². The molecule has 1 unspecified atom stereocenters. The molecule has 3 aromatic rings. The highest BCUT2D eigenvalue weighted by Gasteiger charge is 2.28. The number of aromatic amines is 1. The molecule has 4 rings (SSSR count). The first-order valence-electron chi connectivity index (χ1n) is 8.19. The van der Waals surface area contributed by atoms with Crippen LogP contribution in [0.25, 0.3) is 0 Å². The van der Waals surface area contributed by atoms with E-state index in [1.807, 2.05) is 25.1 Å². The third-order valence-corrected chi connectivity index (χ3v) is 4.27. The van der Waals surface area contributed by atoms with Gasteiger partial charge in [0.25, 0.3) is 0 Å². The average molecular weight is 339 g/mol.